The van der Waals surface area contributed by atoms with Crippen molar-refractivity contribution in [3.63, 3.8) is 0 Å². The lowest BCUT2D eigenvalue weighted by molar-refractivity contribution is 0.657. The topological polar surface area (TPSA) is 64.8 Å². The average molecular weight is 410 g/mol. The number of anilines is 1. The summed E-state index contributed by atoms with van der Waals surface area (Å²) in [6.45, 7) is 13.7. The Kier molecular flexibility index (Phi) is 6.22. The molecular weight excluding hydrogens is 382 g/mol. The zero-order valence-electron chi connectivity index (χ0n) is 18.5. The third-order valence-electron chi connectivity index (χ3n) is 5.25. The standard InChI is InChI=1S/C26H27N5/c1-7-23(31(6)8-2)20-9-10-21-16-29-25(15-22(21)13-20)30-18(3)19-11-12-28-24(14-19)26(4,5)17-27/h7-16H,2-3H2,1,4-6H3,(H,29,30)/b23-7-. The maximum absolute atomic E-state index is 9.39. The van der Waals surface area contributed by atoms with Crippen LogP contribution in [-0.4, -0.2) is 21.9 Å². The van der Waals surface area contributed by atoms with Gasteiger partial charge in [-0.25, -0.2) is 4.98 Å². The van der Waals surface area contributed by atoms with E-state index in [9.17, 15) is 5.26 Å². The summed E-state index contributed by atoms with van der Waals surface area (Å²) in [6.07, 6.45) is 7.40. The van der Waals surface area contributed by atoms with Gasteiger partial charge in [0.15, 0.2) is 0 Å². The monoisotopic (exact) mass is 409 g/mol. The molecule has 5 nitrogen and oxygen atoms in total. The average Bonchev–Trinajstić information content (AvgIpc) is 2.79. The number of nitrogens with one attached hydrogen (secondary N) is 1. The van der Waals surface area contributed by atoms with Crippen LogP contribution < -0.4 is 5.32 Å². The molecule has 0 spiro atoms. The van der Waals surface area contributed by atoms with E-state index < -0.39 is 5.41 Å². The fourth-order valence-electron chi connectivity index (χ4n) is 3.29. The Bertz CT molecular complexity index is 1210. The van der Waals surface area contributed by atoms with Crippen LogP contribution in [0.5, 0.6) is 0 Å². The minimum absolute atomic E-state index is 0.670. The van der Waals surface area contributed by atoms with Gasteiger partial charge in [-0.3, -0.25) is 4.98 Å². The Morgan fingerprint density at radius 3 is 2.58 bits per heavy atom. The van der Waals surface area contributed by atoms with Crippen molar-refractivity contribution in [3.8, 4) is 6.07 Å². The summed E-state index contributed by atoms with van der Waals surface area (Å²) in [5.74, 6) is 0.701. The first-order valence-corrected chi connectivity index (χ1v) is 10.0. The first-order valence-electron chi connectivity index (χ1n) is 10.0. The smallest absolute Gasteiger partial charge is 0.130 e. The van der Waals surface area contributed by atoms with Crippen molar-refractivity contribution >= 4 is 28.0 Å². The Morgan fingerprint density at radius 1 is 1.13 bits per heavy atom. The van der Waals surface area contributed by atoms with Crippen molar-refractivity contribution < 1.29 is 0 Å². The van der Waals surface area contributed by atoms with Gasteiger partial charge >= 0.3 is 0 Å². The zero-order chi connectivity index (χ0) is 22.6. The van der Waals surface area contributed by atoms with Crippen molar-refractivity contribution in [2.75, 3.05) is 12.4 Å². The maximum atomic E-state index is 9.39. The molecule has 0 aliphatic rings. The normalized spacial score (nSPS) is 11.6. The number of fused-ring (bicyclic) bond motifs is 1. The molecule has 2 heterocycles. The predicted octanol–water partition coefficient (Wildman–Crippen LogP) is 5.95. The van der Waals surface area contributed by atoms with Gasteiger partial charge in [0, 0.05) is 41.8 Å². The van der Waals surface area contributed by atoms with E-state index in [0.29, 0.717) is 17.2 Å². The van der Waals surface area contributed by atoms with E-state index >= 15 is 0 Å². The molecule has 31 heavy (non-hydrogen) atoms. The molecule has 156 valence electrons. The summed E-state index contributed by atoms with van der Waals surface area (Å²) in [6, 6.07) is 14.3. The van der Waals surface area contributed by atoms with Gasteiger partial charge < -0.3 is 10.2 Å². The van der Waals surface area contributed by atoms with Gasteiger partial charge in [0.05, 0.1) is 17.2 Å². The lowest BCUT2D eigenvalue weighted by Gasteiger charge is -2.18. The molecular formula is C26H27N5. The number of hydrogen-bond acceptors (Lipinski definition) is 5. The molecule has 0 saturated heterocycles. The number of aromatic nitrogens is 2. The molecule has 0 saturated carbocycles. The van der Waals surface area contributed by atoms with Crippen molar-refractivity contribution in [2.45, 2.75) is 26.2 Å². The number of pyridine rings is 2. The summed E-state index contributed by atoms with van der Waals surface area (Å²) in [7, 11) is 1.98. The Morgan fingerprint density at radius 2 is 1.90 bits per heavy atom. The van der Waals surface area contributed by atoms with Crippen LogP contribution in [0.25, 0.3) is 22.2 Å². The van der Waals surface area contributed by atoms with Crippen LogP contribution in [0, 0.1) is 11.3 Å². The van der Waals surface area contributed by atoms with Gasteiger partial charge in [-0.05, 0) is 62.2 Å². The third-order valence-corrected chi connectivity index (χ3v) is 5.25. The zero-order valence-corrected chi connectivity index (χ0v) is 18.5. The van der Waals surface area contributed by atoms with E-state index in [0.717, 1.165) is 27.6 Å². The molecule has 0 atom stereocenters. The number of hydrogen-bond donors (Lipinski definition) is 1. The number of rotatable bonds is 7. The van der Waals surface area contributed by atoms with Gasteiger partial charge in [0.2, 0.25) is 0 Å². The first-order chi connectivity index (χ1) is 14.8. The van der Waals surface area contributed by atoms with Crippen molar-refractivity contribution in [1.29, 1.82) is 5.26 Å². The quantitative estimate of drug-likeness (QED) is 0.522. The molecule has 5 heteroatoms. The second kappa shape index (κ2) is 8.85. The molecule has 0 aliphatic heterocycles. The Labute approximate surface area is 184 Å². The highest BCUT2D eigenvalue weighted by Crippen LogP contribution is 2.27. The van der Waals surface area contributed by atoms with E-state index in [4.69, 9.17) is 0 Å². The molecule has 0 unspecified atom stereocenters. The number of nitriles is 1. The summed E-state index contributed by atoms with van der Waals surface area (Å²) in [4.78, 5) is 10.9. The number of nitrogens with zero attached hydrogens (tertiary/aromatic N) is 4. The van der Waals surface area contributed by atoms with Gasteiger partial charge in [0.25, 0.3) is 0 Å². The molecule has 0 aliphatic carbocycles. The van der Waals surface area contributed by atoms with E-state index in [1.54, 1.807) is 12.4 Å². The molecule has 0 bridgehead atoms. The molecule has 0 amide bonds. The largest absolute Gasteiger partial charge is 0.351 e. The van der Waals surface area contributed by atoms with Gasteiger partial charge in [-0.1, -0.05) is 31.4 Å². The predicted molar refractivity (Wildman–Crippen MR) is 129 cm³/mol. The molecule has 3 rings (SSSR count). The lowest BCUT2D eigenvalue weighted by atomic mass is 9.90. The van der Waals surface area contributed by atoms with Crippen LogP contribution in [-0.2, 0) is 5.41 Å². The molecule has 1 aromatic carbocycles. The SMILES string of the molecule is C=CN(C)/C(=C\C)c1ccc2cnc(NC(=C)c3ccnc(C(C)(C)C#N)c3)cc2c1. The summed E-state index contributed by atoms with van der Waals surface area (Å²) in [5, 5.41) is 14.8. The second-order valence-corrected chi connectivity index (χ2v) is 7.87. The van der Waals surface area contributed by atoms with Gasteiger partial charge in [-0.15, -0.1) is 0 Å². The van der Waals surface area contributed by atoms with E-state index in [1.165, 1.54) is 0 Å². The highest BCUT2D eigenvalue weighted by atomic mass is 15.1. The highest BCUT2D eigenvalue weighted by molar-refractivity contribution is 5.88. The van der Waals surface area contributed by atoms with Crippen LogP contribution >= 0.6 is 0 Å². The Balaban J connectivity index is 1.90. The van der Waals surface area contributed by atoms with Crippen LogP contribution in [0.4, 0.5) is 5.82 Å². The van der Waals surface area contributed by atoms with Crippen LogP contribution in [0.15, 0.2) is 74.2 Å². The molecule has 0 radical (unpaired) electrons. The third kappa shape index (κ3) is 4.65. The minimum Gasteiger partial charge on any atom is -0.351 e. The molecule has 1 N–H and O–H groups in total. The van der Waals surface area contributed by atoms with Gasteiger partial charge in [0.1, 0.15) is 5.82 Å². The van der Waals surface area contributed by atoms with E-state index in [2.05, 4.69) is 58.8 Å². The van der Waals surface area contributed by atoms with Crippen LogP contribution in [0.2, 0.25) is 0 Å². The summed E-state index contributed by atoms with van der Waals surface area (Å²) >= 11 is 0. The van der Waals surface area contributed by atoms with E-state index in [-0.39, 0.29) is 0 Å². The number of allylic oxidation sites excluding steroid dienone is 1. The summed E-state index contributed by atoms with van der Waals surface area (Å²) in [5.41, 5.74) is 3.78. The van der Waals surface area contributed by atoms with Crippen LogP contribution in [0.3, 0.4) is 0 Å². The fourth-order valence-corrected chi connectivity index (χ4v) is 3.29. The van der Waals surface area contributed by atoms with E-state index in [1.807, 2.05) is 57.1 Å². The number of benzene rings is 1. The van der Waals surface area contributed by atoms with Gasteiger partial charge in [-0.2, -0.15) is 5.26 Å². The summed E-state index contributed by atoms with van der Waals surface area (Å²) < 4.78 is 0. The second-order valence-electron chi connectivity index (χ2n) is 7.87. The lowest BCUT2D eigenvalue weighted by Crippen LogP contribution is -2.16. The molecule has 0 fully saturated rings. The van der Waals surface area contributed by atoms with Crippen molar-refractivity contribution in [2.24, 2.45) is 0 Å². The first kappa shape index (κ1) is 21.8. The van der Waals surface area contributed by atoms with Crippen molar-refractivity contribution in [1.82, 2.24) is 14.9 Å². The minimum atomic E-state index is -0.670. The fraction of sp³-hybridized carbons (Fsp3) is 0.192. The van der Waals surface area contributed by atoms with Crippen LogP contribution in [0.1, 0.15) is 37.6 Å². The highest BCUT2D eigenvalue weighted by Gasteiger charge is 2.21. The molecule has 3 aromatic rings. The Hall–Kier alpha value is -3.91. The maximum Gasteiger partial charge on any atom is 0.130 e. The van der Waals surface area contributed by atoms with Crippen molar-refractivity contribution in [3.05, 3.63) is 91.0 Å². The molecule has 2 aromatic heterocycles.